The third-order valence-electron chi connectivity index (χ3n) is 2.00. The molecule has 0 fully saturated rings. The van der Waals surface area contributed by atoms with Gasteiger partial charge in [0.1, 0.15) is 5.82 Å². The van der Waals surface area contributed by atoms with Gasteiger partial charge in [0.2, 0.25) is 0 Å². The molecule has 0 aliphatic rings. The van der Waals surface area contributed by atoms with E-state index in [1.807, 2.05) is 13.0 Å². The fraction of sp³-hybridized carbons (Fsp3) is 0.100. The Balaban J connectivity index is 2.44. The zero-order valence-corrected chi connectivity index (χ0v) is 8.50. The highest BCUT2D eigenvalue weighted by Gasteiger charge is 2.04. The van der Waals surface area contributed by atoms with Crippen molar-refractivity contribution in [3.05, 3.63) is 41.8 Å². The van der Waals surface area contributed by atoms with E-state index in [4.69, 9.17) is 0 Å². The van der Waals surface area contributed by atoms with Crippen LogP contribution in [0.15, 0.2) is 30.3 Å². The van der Waals surface area contributed by atoms with Gasteiger partial charge in [-0.25, -0.2) is 8.48 Å². The van der Waals surface area contributed by atoms with Crippen molar-refractivity contribution in [1.29, 1.82) is 0 Å². The Morgan fingerprint density at radius 3 is 2.43 bits per heavy atom. The smallest absolute Gasteiger partial charge is 0.123 e. The molecule has 1 aromatic heterocycles. The second-order valence-corrected chi connectivity index (χ2v) is 3.45. The molecule has 0 atom stereocenters. The lowest BCUT2D eigenvalue weighted by molar-refractivity contribution is 0.628. The van der Waals surface area contributed by atoms with E-state index in [-0.39, 0.29) is 5.82 Å². The van der Waals surface area contributed by atoms with Crippen molar-refractivity contribution in [3.63, 3.8) is 0 Å². The molecule has 0 bridgehead atoms. The zero-order valence-electron chi connectivity index (χ0n) is 7.61. The summed E-state index contributed by atoms with van der Waals surface area (Å²) in [4.78, 5) is 0. The molecule has 0 amide bonds. The molecule has 2 nitrogen and oxygen atoms in total. The van der Waals surface area contributed by atoms with Crippen LogP contribution in [0.4, 0.5) is 4.39 Å². The molecule has 0 spiro atoms. The summed E-state index contributed by atoms with van der Waals surface area (Å²) in [7, 11) is 0. The van der Waals surface area contributed by atoms with E-state index in [1.165, 1.54) is 16.2 Å². The maximum atomic E-state index is 12.6. The van der Waals surface area contributed by atoms with Crippen molar-refractivity contribution in [2.24, 2.45) is 0 Å². The number of aromatic nitrogens is 2. The summed E-state index contributed by atoms with van der Waals surface area (Å²) in [5.41, 5.74) is 2.65. The number of aryl methyl sites for hydroxylation is 1. The average molecular weight is 208 g/mol. The van der Waals surface area contributed by atoms with Crippen molar-refractivity contribution in [3.8, 4) is 11.3 Å². The van der Waals surface area contributed by atoms with Crippen LogP contribution < -0.4 is 0 Å². The van der Waals surface area contributed by atoms with Crippen LogP contribution in [0.3, 0.4) is 0 Å². The highest BCUT2D eigenvalue weighted by atomic mass is 32.1. The van der Waals surface area contributed by atoms with Crippen molar-refractivity contribution in [1.82, 2.24) is 9.19 Å². The van der Waals surface area contributed by atoms with Crippen LogP contribution in [0, 0.1) is 12.7 Å². The molecule has 0 saturated heterocycles. The van der Waals surface area contributed by atoms with Crippen LogP contribution in [-0.2, 0) is 0 Å². The number of hydrogen-bond donors (Lipinski definition) is 1. The van der Waals surface area contributed by atoms with Crippen LogP contribution in [-0.4, -0.2) is 9.19 Å². The first-order chi connectivity index (χ1) is 6.66. The van der Waals surface area contributed by atoms with Gasteiger partial charge in [0.15, 0.2) is 0 Å². The first-order valence-corrected chi connectivity index (χ1v) is 4.58. The van der Waals surface area contributed by atoms with E-state index in [0.717, 1.165) is 17.0 Å². The lowest BCUT2D eigenvalue weighted by Crippen LogP contribution is -1.85. The molecule has 0 unspecified atom stereocenters. The van der Waals surface area contributed by atoms with E-state index in [2.05, 4.69) is 17.9 Å². The molecule has 2 aromatic rings. The van der Waals surface area contributed by atoms with Crippen molar-refractivity contribution in [2.75, 3.05) is 0 Å². The third-order valence-corrected chi connectivity index (χ3v) is 2.41. The van der Waals surface area contributed by atoms with Crippen LogP contribution in [0.1, 0.15) is 5.69 Å². The Morgan fingerprint density at radius 2 is 1.93 bits per heavy atom. The monoisotopic (exact) mass is 208 g/mol. The second-order valence-electron chi connectivity index (χ2n) is 3.07. The van der Waals surface area contributed by atoms with E-state index in [1.54, 1.807) is 12.1 Å². The quantitative estimate of drug-likeness (QED) is 0.713. The number of hydrogen-bond acceptors (Lipinski definition) is 2. The molecular weight excluding hydrogens is 199 g/mol. The first-order valence-electron chi connectivity index (χ1n) is 4.18. The van der Waals surface area contributed by atoms with Gasteiger partial charge in [0.25, 0.3) is 0 Å². The lowest BCUT2D eigenvalue weighted by atomic mass is 10.1. The van der Waals surface area contributed by atoms with Crippen molar-refractivity contribution < 1.29 is 4.39 Å². The van der Waals surface area contributed by atoms with Gasteiger partial charge in [0, 0.05) is 11.3 Å². The summed E-state index contributed by atoms with van der Waals surface area (Å²) in [5.74, 6) is -0.240. The van der Waals surface area contributed by atoms with Gasteiger partial charge in [-0.1, -0.05) is 0 Å². The molecule has 72 valence electrons. The average Bonchev–Trinajstić information content (AvgIpc) is 2.48. The van der Waals surface area contributed by atoms with Crippen LogP contribution in [0.25, 0.3) is 11.3 Å². The molecule has 4 heteroatoms. The standard InChI is InChI=1S/C10H9FN2S/c1-7-6-10(12-13(7)14)8-2-4-9(11)5-3-8/h2-6,14H,1H3. The summed E-state index contributed by atoms with van der Waals surface area (Å²) in [5, 5.41) is 4.17. The predicted octanol–water partition coefficient (Wildman–Crippen LogP) is 2.69. The van der Waals surface area contributed by atoms with Crippen LogP contribution in [0.2, 0.25) is 0 Å². The molecule has 0 aliphatic carbocycles. The molecule has 1 heterocycles. The van der Waals surface area contributed by atoms with Gasteiger partial charge in [0.05, 0.1) is 5.69 Å². The highest BCUT2D eigenvalue weighted by Crippen LogP contribution is 2.19. The Morgan fingerprint density at radius 1 is 1.29 bits per heavy atom. The molecule has 14 heavy (non-hydrogen) atoms. The Labute approximate surface area is 86.9 Å². The number of halogens is 1. The van der Waals surface area contributed by atoms with E-state index in [0.29, 0.717) is 0 Å². The fourth-order valence-electron chi connectivity index (χ4n) is 1.23. The van der Waals surface area contributed by atoms with Gasteiger partial charge in [-0.15, -0.1) is 0 Å². The summed E-state index contributed by atoms with van der Waals surface area (Å²) in [6.45, 7) is 1.91. The van der Waals surface area contributed by atoms with E-state index >= 15 is 0 Å². The second kappa shape index (κ2) is 3.46. The minimum atomic E-state index is -0.240. The maximum Gasteiger partial charge on any atom is 0.123 e. The van der Waals surface area contributed by atoms with Gasteiger partial charge >= 0.3 is 0 Å². The van der Waals surface area contributed by atoms with E-state index in [9.17, 15) is 4.39 Å². The molecule has 1 aromatic carbocycles. The summed E-state index contributed by atoms with van der Waals surface area (Å²) < 4.78 is 14.1. The lowest BCUT2D eigenvalue weighted by Gasteiger charge is -1.94. The Kier molecular flexibility index (Phi) is 2.29. The molecule has 0 N–H and O–H groups in total. The van der Waals surface area contributed by atoms with Gasteiger partial charge in [-0.2, -0.15) is 5.10 Å². The normalized spacial score (nSPS) is 10.5. The third kappa shape index (κ3) is 1.65. The molecule has 0 aliphatic heterocycles. The SMILES string of the molecule is Cc1cc(-c2ccc(F)cc2)nn1S. The van der Waals surface area contributed by atoms with Crippen molar-refractivity contribution >= 4 is 12.8 Å². The van der Waals surface area contributed by atoms with Gasteiger partial charge in [-0.05, 0) is 50.1 Å². The molecular formula is C10H9FN2S. The first kappa shape index (κ1) is 9.27. The predicted molar refractivity (Wildman–Crippen MR) is 56.7 cm³/mol. The highest BCUT2D eigenvalue weighted by molar-refractivity contribution is 7.78. The van der Waals surface area contributed by atoms with E-state index < -0.39 is 0 Å². The molecule has 2 rings (SSSR count). The number of nitrogens with zero attached hydrogens (tertiary/aromatic N) is 2. The van der Waals surface area contributed by atoms with Crippen molar-refractivity contribution in [2.45, 2.75) is 6.92 Å². The van der Waals surface area contributed by atoms with Crippen LogP contribution in [0.5, 0.6) is 0 Å². The van der Waals surface area contributed by atoms with Gasteiger partial charge < -0.3 is 0 Å². The summed E-state index contributed by atoms with van der Waals surface area (Å²) in [6.07, 6.45) is 0. The summed E-state index contributed by atoms with van der Waals surface area (Å²) in [6, 6.07) is 8.14. The molecule has 0 saturated carbocycles. The topological polar surface area (TPSA) is 17.8 Å². The minimum absolute atomic E-state index is 0.240. The Hall–Kier alpha value is -1.29. The molecule has 0 radical (unpaired) electrons. The largest absolute Gasteiger partial charge is 0.214 e. The minimum Gasteiger partial charge on any atom is -0.214 e. The Bertz CT molecular complexity index is 428. The summed E-state index contributed by atoms with van der Waals surface area (Å²) >= 11 is 4.12. The number of benzene rings is 1. The van der Waals surface area contributed by atoms with Gasteiger partial charge in [-0.3, -0.25) is 0 Å². The van der Waals surface area contributed by atoms with Crippen LogP contribution >= 0.6 is 12.8 Å². The number of thiol groups is 1. The fourth-order valence-corrected chi connectivity index (χ4v) is 1.38. The number of rotatable bonds is 1. The zero-order chi connectivity index (χ0) is 10.1. The maximum absolute atomic E-state index is 12.6.